The smallest absolute Gasteiger partial charge is 0.265 e. The minimum Gasteiger partial charge on any atom is -0.351 e. The fraction of sp³-hybridized carbons (Fsp3) is 0.296. The fourth-order valence-electron chi connectivity index (χ4n) is 4.66. The summed E-state index contributed by atoms with van der Waals surface area (Å²) in [5.74, 6) is -0.241. The number of hydrogen-bond acceptors (Lipinski definition) is 5. The van der Waals surface area contributed by atoms with Gasteiger partial charge in [-0.2, -0.15) is 0 Å². The topological polar surface area (TPSA) is 62.3 Å². The van der Waals surface area contributed by atoms with Gasteiger partial charge in [0, 0.05) is 22.5 Å². The van der Waals surface area contributed by atoms with Crippen LogP contribution < -0.4 is 5.32 Å². The molecule has 0 bridgehead atoms. The third-order valence-corrected chi connectivity index (χ3v) is 8.07. The molecule has 4 aromatic rings. The van der Waals surface area contributed by atoms with Crippen LogP contribution in [0.3, 0.4) is 0 Å². The molecule has 34 heavy (non-hydrogen) atoms. The first-order valence-electron chi connectivity index (χ1n) is 11.7. The number of fused-ring (bicyclic) bond motifs is 1. The molecule has 1 N–H and O–H groups in total. The molecule has 3 aromatic heterocycles. The molecule has 0 saturated heterocycles. The lowest BCUT2D eigenvalue weighted by molar-refractivity contribution is -0.127. The average Bonchev–Trinajstić information content (AvgIpc) is 3.58. The van der Waals surface area contributed by atoms with Crippen molar-refractivity contribution in [1.29, 1.82) is 0 Å². The Hall–Kier alpha value is -3.03. The Balaban J connectivity index is 1.56. The standard InChI is InChI=1S/C27H27N3O2S2/c31-26(29-21-8-2-1-3-9-21)25(20-12-13-23-19(17-20)7-4-14-28-23)30(18-22-10-5-15-33-22)27(32)24-11-6-16-34-24/h4-7,10-17,21,25H,1-3,8-9,18H2,(H,29,31)/t25-/m0/s1. The van der Waals surface area contributed by atoms with Crippen LogP contribution in [0.4, 0.5) is 0 Å². The van der Waals surface area contributed by atoms with Gasteiger partial charge in [-0.15, -0.1) is 22.7 Å². The molecule has 174 valence electrons. The molecule has 1 atom stereocenters. The molecule has 1 aromatic carbocycles. The second kappa shape index (κ2) is 10.5. The van der Waals surface area contributed by atoms with Crippen molar-refractivity contribution in [3.05, 3.63) is 86.9 Å². The summed E-state index contributed by atoms with van der Waals surface area (Å²) < 4.78 is 0. The highest BCUT2D eigenvalue weighted by Crippen LogP contribution is 2.30. The lowest BCUT2D eigenvalue weighted by atomic mass is 9.94. The van der Waals surface area contributed by atoms with Gasteiger partial charge in [0.25, 0.3) is 5.91 Å². The highest BCUT2D eigenvalue weighted by Gasteiger charge is 2.34. The van der Waals surface area contributed by atoms with E-state index in [1.165, 1.54) is 17.8 Å². The number of carbonyl (C=O) groups excluding carboxylic acids is 2. The van der Waals surface area contributed by atoms with Crippen LogP contribution >= 0.6 is 22.7 Å². The van der Waals surface area contributed by atoms with Crippen LogP contribution in [0.25, 0.3) is 10.9 Å². The number of hydrogen-bond donors (Lipinski definition) is 1. The summed E-state index contributed by atoms with van der Waals surface area (Å²) in [4.78, 5) is 35.5. The van der Waals surface area contributed by atoms with Crippen molar-refractivity contribution in [3.8, 4) is 0 Å². The van der Waals surface area contributed by atoms with Gasteiger partial charge >= 0.3 is 0 Å². The monoisotopic (exact) mass is 489 g/mol. The van der Waals surface area contributed by atoms with Crippen LogP contribution in [0.5, 0.6) is 0 Å². The summed E-state index contributed by atoms with van der Waals surface area (Å²) in [7, 11) is 0. The lowest BCUT2D eigenvalue weighted by Gasteiger charge is -2.33. The Bertz CT molecular complexity index is 1250. The zero-order valence-corrected chi connectivity index (χ0v) is 20.5. The Morgan fingerprint density at radius 3 is 2.59 bits per heavy atom. The molecule has 1 saturated carbocycles. The van der Waals surface area contributed by atoms with Gasteiger partial charge in [-0.1, -0.05) is 43.5 Å². The van der Waals surface area contributed by atoms with E-state index in [-0.39, 0.29) is 17.9 Å². The van der Waals surface area contributed by atoms with Crippen molar-refractivity contribution >= 4 is 45.4 Å². The molecule has 5 rings (SSSR count). The van der Waals surface area contributed by atoms with Crippen LogP contribution in [-0.2, 0) is 11.3 Å². The maximum Gasteiger partial charge on any atom is 0.265 e. The number of thiophene rings is 2. The summed E-state index contributed by atoms with van der Waals surface area (Å²) in [5, 5.41) is 8.14. The van der Waals surface area contributed by atoms with E-state index in [0.29, 0.717) is 11.4 Å². The molecule has 0 aliphatic heterocycles. The lowest BCUT2D eigenvalue weighted by Crippen LogP contribution is -2.46. The first-order chi connectivity index (χ1) is 16.7. The van der Waals surface area contributed by atoms with Crippen molar-refractivity contribution in [1.82, 2.24) is 15.2 Å². The van der Waals surface area contributed by atoms with Gasteiger partial charge in [0.15, 0.2) is 0 Å². The van der Waals surface area contributed by atoms with Gasteiger partial charge < -0.3 is 10.2 Å². The van der Waals surface area contributed by atoms with Crippen molar-refractivity contribution in [3.63, 3.8) is 0 Å². The third-order valence-electron chi connectivity index (χ3n) is 6.35. The number of benzene rings is 1. The van der Waals surface area contributed by atoms with Gasteiger partial charge in [0.2, 0.25) is 5.91 Å². The van der Waals surface area contributed by atoms with E-state index in [0.717, 1.165) is 47.0 Å². The van der Waals surface area contributed by atoms with Crippen molar-refractivity contribution in [2.24, 2.45) is 0 Å². The number of amides is 2. The van der Waals surface area contributed by atoms with Crippen LogP contribution in [0, 0.1) is 0 Å². The number of nitrogens with one attached hydrogen (secondary N) is 1. The van der Waals surface area contributed by atoms with E-state index in [4.69, 9.17) is 0 Å². The zero-order chi connectivity index (χ0) is 23.3. The first-order valence-corrected chi connectivity index (χ1v) is 13.5. The van der Waals surface area contributed by atoms with Crippen LogP contribution in [0.15, 0.2) is 71.6 Å². The summed E-state index contributed by atoms with van der Waals surface area (Å²) in [5.41, 5.74) is 1.67. The van der Waals surface area contributed by atoms with Gasteiger partial charge in [-0.25, -0.2) is 0 Å². The maximum atomic E-state index is 13.9. The van der Waals surface area contributed by atoms with E-state index in [1.54, 1.807) is 22.4 Å². The van der Waals surface area contributed by atoms with E-state index in [1.807, 2.05) is 65.4 Å². The number of nitrogens with zero attached hydrogens (tertiary/aromatic N) is 2. The SMILES string of the molecule is O=C(NC1CCCCC1)[C@H](c1ccc2ncccc2c1)N(Cc1cccs1)C(=O)c1cccs1. The average molecular weight is 490 g/mol. The molecule has 1 aliphatic carbocycles. The molecule has 5 nitrogen and oxygen atoms in total. The number of aromatic nitrogens is 1. The molecule has 1 fully saturated rings. The molecule has 0 spiro atoms. The van der Waals surface area contributed by atoms with Crippen molar-refractivity contribution in [2.75, 3.05) is 0 Å². The van der Waals surface area contributed by atoms with Crippen LogP contribution in [0.2, 0.25) is 0 Å². The predicted molar refractivity (Wildman–Crippen MR) is 138 cm³/mol. The molecule has 1 aliphatic rings. The minimum absolute atomic E-state index is 0.114. The number of pyridine rings is 1. The molecular formula is C27H27N3O2S2. The minimum atomic E-state index is -0.733. The zero-order valence-electron chi connectivity index (χ0n) is 18.9. The predicted octanol–water partition coefficient (Wildman–Crippen LogP) is 6.19. The maximum absolute atomic E-state index is 13.9. The second-order valence-electron chi connectivity index (χ2n) is 8.69. The Morgan fingerprint density at radius 1 is 1.00 bits per heavy atom. The largest absolute Gasteiger partial charge is 0.351 e. The van der Waals surface area contributed by atoms with E-state index < -0.39 is 6.04 Å². The normalized spacial score (nSPS) is 15.2. The Labute approximate surface area is 207 Å². The highest BCUT2D eigenvalue weighted by molar-refractivity contribution is 7.12. The summed E-state index contributed by atoms with van der Waals surface area (Å²) in [6.45, 7) is 0.377. The van der Waals surface area contributed by atoms with Gasteiger partial charge in [0.05, 0.1) is 16.9 Å². The van der Waals surface area contributed by atoms with Gasteiger partial charge in [-0.05, 0) is 59.5 Å². The molecule has 0 unspecified atom stereocenters. The fourth-order valence-corrected chi connectivity index (χ4v) is 6.04. The number of rotatable bonds is 7. The van der Waals surface area contributed by atoms with Crippen LogP contribution in [0.1, 0.15) is 58.3 Å². The molecule has 7 heteroatoms. The third kappa shape index (κ3) is 5.05. The number of carbonyl (C=O) groups is 2. The highest BCUT2D eigenvalue weighted by atomic mass is 32.1. The molecule has 0 radical (unpaired) electrons. The summed E-state index contributed by atoms with van der Waals surface area (Å²) >= 11 is 3.00. The van der Waals surface area contributed by atoms with Gasteiger partial charge in [0.1, 0.15) is 6.04 Å². The molecule has 2 amide bonds. The molecule has 3 heterocycles. The second-order valence-corrected chi connectivity index (χ2v) is 10.7. The van der Waals surface area contributed by atoms with E-state index in [9.17, 15) is 9.59 Å². The summed E-state index contributed by atoms with van der Waals surface area (Å²) in [6.07, 6.45) is 7.22. The van der Waals surface area contributed by atoms with Crippen molar-refractivity contribution in [2.45, 2.75) is 50.7 Å². The van der Waals surface area contributed by atoms with E-state index >= 15 is 0 Å². The Morgan fingerprint density at radius 2 is 1.82 bits per heavy atom. The Kier molecular flexibility index (Phi) is 7.02. The first kappa shape index (κ1) is 22.7. The van der Waals surface area contributed by atoms with Gasteiger partial charge in [-0.3, -0.25) is 14.6 Å². The molecular weight excluding hydrogens is 462 g/mol. The van der Waals surface area contributed by atoms with Crippen molar-refractivity contribution < 1.29 is 9.59 Å². The summed E-state index contributed by atoms with van der Waals surface area (Å²) in [6, 6.07) is 16.9. The van der Waals surface area contributed by atoms with Crippen LogP contribution in [-0.4, -0.2) is 27.7 Å². The van der Waals surface area contributed by atoms with E-state index in [2.05, 4.69) is 10.3 Å². The quantitative estimate of drug-likeness (QED) is 0.337.